The normalized spacial score (nSPS) is 10.6. The molecule has 1 heterocycles. The first-order chi connectivity index (χ1) is 8.69. The van der Waals surface area contributed by atoms with Gasteiger partial charge in [0.05, 0.1) is 19.3 Å². The Hall–Kier alpha value is -1.88. The summed E-state index contributed by atoms with van der Waals surface area (Å²) < 4.78 is 23.6. The van der Waals surface area contributed by atoms with Crippen molar-refractivity contribution < 1.29 is 13.7 Å². The van der Waals surface area contributed by atoms with Gasteiger partial charge >= 0.3 is 0 Å². The van der Waals surface area contributed by atoms with Crippen molar-refractivity contribution in [1.29, 1.82) is 0 Å². The minimum absolute atomic E-state index is 0.282. The first-order valence-corrected chi connectivity index (χ1v) is 5.64. The van der Waals surface area contributed by atoms with Gasteiger partial charge in [-0.05, 0) is 13.0 Å². The van der Waals surface area contributed by atoms with E-state index in [1.807, 2.05) is 13.0 Å². The van der Waals surface area contributed by atoms with Crippen molar-refractivity contribution in [3.63, 3.8) is 0 Å². The molecule has 0 fully saturated rings. The minimum atomic E-state index is -0.282. The molecule has 0 aliphatic carbocycles. The number of aromatic nitrogens is 1. The number of hydrogen-bond acceptors (Lipinski definition) is 4. The summed E-state index contributed by atoms with van der Waals surface area (Å²) in [6, 6.07) is 6.65. The molecule has 1 aromatic carbocycles. The highest BCUT2D eigenvalue weighted by molar-refractivity contribution is 5.28. The summed E-state index contributed by atoms with van der Waals surface area (Å²) in [4.78, 5) is 0. The molecule has 1 N–H and O–H groups in total. The number of halogens is 1. The summed E-state index contributed by atoms with van der Waals surface area (Å²) in [7, 11) is 1.51. The van der Waals surface area contributed by atoms with E-state index >= 15 is 0 Å². The lowest BCUT2D eigenvalue weighted by Crippen LogP contribution is -2.13. The van der Waals surface area contributed by atoms with Crippen molar-refractivity contribution in [1.82, 2.24) is 10.5 Å². The van der Waals surface area contributed by atoms with Crippen LogP contribution in [0.1, 0.15) is 17.0 Å². The molecule has 0 saturated carbocycles. The Bertz CT molecular complexity index is 525. The van der Waals surface area contributed by atoms with Gasteiger partial charge in [0, 0.05) is 24.2 Å². The van der Waals surface area contributed by atoms with Crippen molar-refractivity contribution in [3.8, 4) is 5.75 Å². The second-order valence-corrected chi connectivity index (χ2v) is 4.00. The molecule has 1 aromatic heterocycles. The molecule has 2 rings (SSSR count). The van der Waals surface area contributed by atoms with Crippen LogP contribution in [0.4, 0.5) is 4.39 Å². The largest absolute Gasteiger partial charge is 0.497 e. The van der Waals surface area contributed by atoms with Gasteiger partial charge in [0.25, 0.3) is 0 Å². The SMILES string of the molecule is COc1ccc(CNCc2cc(C)no2)c(F)c1. The van der Waals surface area contributed by atoms with Crippen LogP contribution in [0.2, 0.25) is 0 Å². The Morgan fingerprint density at radius 3 is 2.78 bits per heavy atom. The number of nitrogens with zero attached hydrogens (tertiary/aromatic N) is 1. The van der Waals surface area contributed by atoms with E-state index in [0.29, 0.717) is 24.4 Å². The zero-order chi connectivity index (χ0) is 13.0. The van der Waals surface area contributed by atoms with E-state index in [1.54, 1.807) is 12.1 Å². The molecule has 0 amide bonds. The molecule has 5 heteroatoms. The second-order valence-electron chi connectivity index (χ2n) is 4.00. The zero-order valence-electron chi connectivity index (χ0n) is 10.4. The molecule has 18 heavy (non-hydrogen) atoms. The fourth-order valence-corrected chi connectivity index (χ4v) is 1.62. The zero-order valence-corrected chi connectivity index (χ0v) is 10.4. The van der Waals surface area contributed by atoms with Crippen LogP contribution in [0.25, 0.3) is 0 Å². The topological polar surface area (TPSA) is 47.3 Å². The molecule has 0 aliphatic heterocycles. The predicted octanol–water partition coefficient (Wildman–Crippen LogP) is 2.42. The first kappa shape index (κ1) is 12.6. The average Bonchev–Trinajstić information content (AvgIpc) is 2.77. The van der Waals surface area contributed by atoms with E-state index in [0.717, 1.165) is 11.5 Å². The molecule has 0 aliphatic rings. The van der Waals surface area contributed by atoms with E-state index in [4.69, 9.17) is 9.26 Å². The summed E-state index contributed by atoms with van der Waals surface area (Å²) in [6.07, 6.45) is 0. The Morgan fingerprint density at radius 1 is 1.33 bits per heavy atom. The van der Waals surface area contributed by atoms with Crippen LogP contribution in [0, 0.1) is 12.7 Å². The van der Waals surface area contributed by atoms with Crippen LogP contribution < -0.4 is 10.1 Å². The molecule has 0 bridgehead atoms. The van der Waals surface area contributed by atoms with Crippen molar-refractivity contribution in [2.45, 2.75) is 20.0 Å². The van der Waals surface area contributed by atoms with Gasteiger partial charge in [0.1, 0.15) is 11.6 Å². The fourth-order valence-electron chi connectivity index (χ4n) is 1.62. The van der Waals surface area contributed by atoms with Crippen LogP contribution in [0.5, 0.6) is 5.75 Å². The van der Waals surface area contributed by atoms with Crippen molar-refractivity contribution in [2.75, 3.05) is 7.11 Å². The number of methoxy groups -OCH3 is 1. The Kier molecular flexibility index (Phi) is 3.94. The number of aryl methyl sites for hydroxylation is 1. The number of benzene rings is 1. The van der Waals surface area contributed by atoms with Crippen molar-refractivity contribution in [2.24, 2.45) is 0 Å². The molecule has 0 spiro atoms. The van der Waals surface area contributed by atoms with Crippen molar-refractivity contribution >= 4 is 0 Å². The van der Waals surface area contributed by atoms with Gasteiger partial charge in [0.15, 0.2) is 5.76 Å². The molecule has 2 aromatic rings. The molecule has 0 atom stereocenters. The number of ether oxygens (including phenoxy) is 1. The van der Waals surface area contributed by atoms with Crippen LogP contribution >= 0.6 is 0 Å². The predicted molar refractivity (Wildman–Crippen MR) is 64.7 cm³/mol. The summed E-state index contributed by atoms with van der Waals surface area (Å²) in [5, 5.41) is 6.87. The van der Waals surface area contributed by atoms with Crippen LogP contribution in [0.3, 0.4) is 0 Å². The molecule has 0 saturated heterocycles. The molecule has 0 unspecified atom stereocenters. The summed E-state index contributed by atoms with van der Waals surface area (Å²) in [6.45, 7) is 2.80. The maximum atomic E-state index is 13.6. The maximum absolute atomic E-state index is 13.6. The second kappa shape index (κ2) is 5.64. The Labute approximate surface area is 105 Å². The lowest BCUT2D eigenvalue weighted by molar-refractivity contribution is 0.369. The van der Waals surface area contributed by atoms with Crippen LogP contribution in [-0.4, -0.2) is 12.3 Å². The average molecular weight is 250 g/mol. The number of rotatable bonds is 5. The van der Waals surface area contributed by atoms with Crippen LogP contribution in [-0.2, 0) is 13.1 Å². The standard InChI is InChI=1S/C13H15FN2O2/c1-9-5-12(18-16-9)8-15-7-10-3-4-11(17-2)6-13(10)14/h3-6,15H,7-8H2,1-2H3. The third-order valence-electron chi connectivity index (χ3n) is 2.55. The summed E-state index contributed by atoms with van der Waals surface area (Å²) in [5.41, 5.74) is 1.43. The Balaban J connectivity index is 1.90. The van der Waals surface area contributed by atoms with E-state index in [1.165, 1.54) is 13.2 Å². The monoisotopic (exact) mass is 250 g/mol. The lowest BCUT2D eigenvalue weighted by atomic mass is 10.2. The third-order valence-corrected chi connectivity index (χ3v) is 2.55. The first-order valence-electron chi connectivity index (χ1n) is 5.64. The number of hydrogen-bond donors (Lipinski definition) is 1. The summed E-state index contributed by atoms with van der Waals surface area (Å²) in [5.74, 6) is 0.971. The van der Waals surface area contributed by atoms with Gasteiger partial charge in [-0.3, -0.25) is 0 Å². The minimum Gasteiger partial charge on any atom is -0.497 e. The van der Waals surface area contributed by atoms with E-state index in [2.05, 4.69) is 10.5 Å². The van der Waals surface area contributed by atoms with Crippen LogP contribution in [0.15, 0.2) is 28.8 Å². The van der Waals surface area contributed by atoms with Gasteiger partial charge in [-0.2, -0.15) is 0 Å². The van der Waals surface area contributed by atoms with Gasteiger partial charge < -0.3 is 14.6 Å². The number of nitrogens with one attached hydrogen (secondary N) is 1. The highest BCUT2D eigenvalue weighted by Gasteiger charge is 2.05. The maximum Gasteiger partial charge on any atom is 0.150 e. The van der Waals surface area contributed by atoms with E-state index in [-0.39, 0.29) is 5.82 Å². The summed E-state index contributed by atoms with van der Waals surface area (Å²) >= 11 is 0. The van der Waals surface area contributed by atoms with Crippen molar-refractivity contribution in [3.05, 3.63) is 47.1 Å². The quantitative estimate of drug-likeness (QED) is 0.885. The molecule has 96 valence electrons. The van der Waals surface area contributed by atoms with Gasteiger partial charge in [-0.1, -0.05) is 11.2 Å². The fraction of sp³-hybridized carbons (Fsp3) is 0.308. The Morgan fingerprint density at radius 2 is 2.17 bits per heavy atom. The highest BCUT2D eigenvalue weighted by atomic mass is 19.1. The highest BCUT2D eigenvalue weighted by Crippen LogP contribution is 2.16. The smallest absolute Gasteiger partial charge is 0.150 e. The van der Waals surface area contributed by atoms with Gasteiger partial charge in [0.2, 0.25) is 0 Å². The molecule has 0 radical (unpaired) electrons. The molecular formula is C13H15FN2O2. The van der Waals surface area contributed by atoms with E-state index in [9.17, 15) is 4.39 Å². The molecular weight excluding hydrogens is 235 g/mol. The third kappa shape index (κ3) is 3.07. The lowest BCUT2D eigenvalue weighted by Gasteiger charge is -2.06. The van der Waals surface area contributed by atoms with Gasteiger partial charge in [-0.15, -0.1) is 0 Å². The van der Waals surface area contributed by atoms with E-state index < -0.39 is 0 Å². The molecule has 4 nitrogen and oxygen atoms in total. The van der Waals surface area contributed by atoms with Gasteiger partial charge in [-0.25, -0.2) is 4.39 Å².